The van der Waals surface area contributed by atoms with E-state index in [1.165, 1.54) is 56.7 Å². The van der Waals surface area contributed by atoms with Crippen LogP contribution in [0.3, 0.4) is 0 Å². The molecule has 128 valence electrons. The lowest BCUT2D eigenvalue weighted by Crippen LogP contribution is -2.12. The number of aromatic hydroxyl groups is 1. The Bertz CT molecular complexity index is 851. The van der Waals surface area contributed by atoms with Crippen molar-refractivity contribution in [2.75, 3.05) is 14.2 Å². The van der Waals surface area contributed by atoms with Gasteiger partial charge in [-0.25, -0.2) is 8.42 Å². The summed E-state index contributed by atoms with van der Waals surface area (Å²) in [4.78, 5) is 0.0263. The molecule has 24 heavy (non-hydrogen) atoms. The molecule has 6 nitrogen and oxygen atoms in total. The van der Waals surface area contributed by atoms with Crippen molar-refractivity contribution in [3.05, 3.63) is 52.0 Å². The summed E-state index contributed by atoms with van der Waals surface area (Å²) in [6, 6.07) is 8.57. The van der Waals surface area contributed by atoms with E-state index in [9.17, 15) is 13.5 Å². The van der Waals surface area contributed by atoms with Gasteiger partial charge in [-0.1, -0.05) is 11.6 Å². The number of methoxy groups -OCH3 is 2. The summed E-state index contributed by atoms with van der Waals surface area (Å²) in [7, 11) is -1.13. The molecule has 0 aliphatic heterocycles. The van der Waals surface area contributed by atoms with Gasteiger partial charge in [0.15, 0.2) is 11.5 Å². The molecule has 0 spiro atoms. The number of phenols is 1. The maximum absolute atomic E-state index is 12.5. The molecule has 0 heterocycles. The summed E-state index contributed by atoms with van der Waals surface area (Å²) in [5.74, 6) is 0.0888. The highest BCUT2D eigenvalue weighted by atomic mass is 35.5. The Balaban J connectivity index is 2.49. The molecular weight excluding hydrogens is 354 g/mol. The molecule has 0 aliphatic carbocycles. The van der Waals surface area contributed by atoms with Crippen molar-refractivity contribution in [3.63, 3.8) is 0 Å². The maximum Gasteiger partial charge on any atom is 0.221 e. The van der Waals surface area contributed by atoms with Crippen molar-refractivity contribution in [3.8, 4) is 17.2 Å². The lowest BCUT2D eigenvalue weighted by atomic mass is 10.2. The highest BCUT2D eigenvalue weighted by molar-refractivity contribution is 7.95. The first-order chi connectivity index (χ1) is 11.3. The van der Waals surface area contributed by atoms with Crippen LogP contribution in [0.25, 0.3) is 6.08 Å². The van der Waals surface area contributed by atoms with Crippen LogP contribution in [0.4, 0.5) is 0 Å². The zero-order valence-electron chi connectivity index (χ0n) is 13.0. The number of rotatable bonds is 5. The lowest BCUT2D eigenvalue weighted by molar-refractivity contribution is 0.340. The maximum atomic E-state index is 12.5. The van der Waals surface area contributed by atoms with Gasteiger partial charge in [0, 0.05) is 5.02 Å². The number of halogens is 1. The van der Waals surface area contributed by atoms with Gasteiger partial charge in [0.25, 0.3) is 0 Å². The van der Waals surface area contributed by atoms with Crippen LogP contribution in [-0.2, 0) is 9.84 Å². The molecule has 2 aromatic carbocycles. The van der Waals surface area contributed by atoms with E-state index in [2.05, 4.69) is 0 Å². The third-order valence-electron chi connectivity index (χ3n) is 3.25. The summed E-state index contributed by atoms with van der Waals surface area (Å²) < 4.78 is 35.0. The highest BCUT2D eigenvalue weighted by Gasteiger charge is 2.19. The van der Waals surface area contributed by atoms with Crippen molar-refractivity contribution < 1.29 is 23.0 Å². The molecule has 2 aromatic rings. The van der Waals surface area contributed by atoms with Gasteiger partial charge in [-0.05, 0) is 48.0 Å². The highest BCUT2D eigenvalue weighted by Crippen LogP contribution is 2.37. The second kappa shape index (κ2) is 7.02. The third kappa shape index (κ3) is 3.58. The number of hydrogen-bond acceptors (Lipinski definition) is 6. The fraction of sp³-hybridized carbons (Fsp3) is 0.125. The van der Waals surface area contributed by atoms with E-state index in [1.807, 2.05) is 0 Å². The average Bonchev–Trinajstić information content (AvgIpc) is 2.56. The van der Waals surface area contributed by atoms with Crippen molar-refractivity contribution in [1.82, 2.24) is 0 Å². The molecule has 0 fully saturated rings. The number of ether oxygens (including phenoxy) is 2. The van der Waals surface area contributed by atoms with Gasteiger partial charge in [0.05, 0.1) is 19.1 Å². The number of hydrogen-bond donors (Lipinski definition) is 2. The first-order valence-corrected chi connectivity index (χ1v) is 8.58. The SMILES string of the molecule is COc1cc(/C=C(\N)S(=O)(=O)c2ccc(Cl)cc2)cc(OC)c1O. The first kappa shape index (κ1) is 18.0. The van der Waals surface area contributed by atoms with Gasteiger partial charge < -0.3 is 20.3 Å². The molecular formula is C16H16ClNO5S. The Labute approximate surface area is 145 Å². The standard InChI is InChI=1S/C16H16ClNO5S/c1-22-13-7-10(8-14(23-2)16(13)19)9-15(18)24(20,21)12-5-3-11(17)4-6-12/h3-9,19H,18H2,1-2H3/b15-9+. The summed E-state index contributed by atoms with van der Waals surface area (Å²) >= 11 is 5.76. The third-order valence-corrected chi connectivity index (χ3v) is 5.13. The molecule has 0 saturated carbocycles. The molecule has 0 aliphatic rings. The van der Waals surface area contributed by atoms with Crippen molar-refractivity contribution >= 4 is 27.5 Å². The molecule has 0 aromatic heterocycles. The monoisotopic (exact) mass is 369 g/mol. The van der Waals surface area contributed by atoms with E-state index in [1.54, 1.807) is 0 Å². The summed E-state index contributed by atoms with van der Waals surface area (Å²) in [5.41, 5.74) is 6.17. The summed E-state index contributed by atoms with van der Waals surface area (Å²) in [6.07, 6.45) is 1.26. The van der Waals surface area contributed by atoms with Gasteiger partial charge in [-0.2, -0.15) is 0 Å². The summed E-state index contributed by atoms with van der Waals surface area (Å²) in [6.45, 7) is 0. The van der Waals surface area contributed by atoms with E-state index < -0.39 is 9.84 Å². The molecule has 0 atom stereocenters. The molecule has 0 saturated heterocycles. The minimum absolute atomic E-state index is 0.0263. The Morgan fingerprint density at radius 1 is 1.12 bits per heavy atom. The van der Waals surface area contributed by atoms with Gasteiger partial charge in [0.2, 0.25) is 15.6 Å². The first-order valence-electron chi connectivity index (χ1n) is 6.72. The minimum atomic E-state index is -3.87. The normalized spacial score (nSPS) is 12.0. The van der Waals surface area contributed by atoms with Crippen LogP contribution < -0.4 is 15.2 Å². The van der Waals surface area contributed by atoms with E-state index in [0.29, 0.717) is 10.6 Å². The van der Waals surface area contributed by atoms with E-state index >= 15 is 0 Å². The fourth-order valence-electron chi connectivity index (χ4n) is 1.99. The Kier molecular flexibility index (Phi) is 5.26. The molecule has 0 amide bonds. The van der Waals surface area contributed by atoms with Crippen molar-refractivity contribution in [1.29, 1.82) is 0 Å². The second-order valence-electron chi connectivity index (χ2n) is 4.78. The van der Waals surface area contributed by atoms with Gasteiger partial charge >= 0.3 is 0 Å². The lowest BCUT2D eigenvalue weighted by Gasteiger charge is -2.10. The van der Waals surface area contributed by atoms with Crippen LogP contribution in [0.15, 0.2) is 46.3 Å². The topological polar surface area (TPSA) is 98.9 Å². The molecule has 3 N–H and O–H groups in total. The van der Waals surface area contributed by atoms with Gasteiger partial charge in [-0.3, -0.25) is 0 Å². The Morgan fingerprint density at radius 2 is 1.62 bits per heavy atom. The fourth-order valence-corrected chi connectivity index (χ4v) is 3.17. The quantitative estimate of drug-likeness (QED) is 0.840. The zero-order chi connectivity index (χ0) is 17.9. The minimum Gasteiger partial charge on any atom is -0.502 e. The number of nitrogens with two attached hydrogens (primary N) is 1. The van der Waals surface area contributed by atoms with Gasteiger partial charge in [-0.15, -0.1) is 0 Å². The summed E-state index contributed by atoms with van der Waals surface area (Å²) in [5, 5.41) is 9.94. The van der Waals surface area contributed by atoms with E-state index in [-0.39, 0.29) is 27.2 Å². The molecule has 2 rings (SSSR count). The zero-order valence-corrected chi connectivity index (χ0v) is 14.6. The van der Waals surface area contributed by atoms with Gasteiger partial charge in [0.1, 0.15) is 5.03 Å². The Hall–Kier alpha value is -2.38. The largest absolute Gasteiger partial charge is 0.502 e. The molecule has 0 bridgehead atoms. The number of benzene rings is 2. The number of phenolic OH excluding ortho intramolecular Hbond substituents is 1. The molecule has 0 unspecified atom stereocenters. The van der Waals surface area contributed by atoms with Crippen LogP contribution in [0.1, 0.15) is 5.56 Å². The smallest absolute Gasteiger partial charge is 0.221 e. The van der Waals surface area contributed by atoms with E-state index in [4.69, 9.17) is 26.8 Å². The van der Waals surface area contributed by atoms with Crippen LogP contribution in [0, 0.1) is 0 Å². The Morgan fingerprint density at radius 3 is 2.08 bits per heavy atom. The van der Waals surface area contributed by atoms with Crippen LogP contribution in [0.2, 0.25) is 5.02 Å². The second-order valence-corrected chi connectivity index (χ2v) is 7.16. The van der Waals surface area contributed by atoms with Crippen LogP contribution in [0.5, 0.6) is 17.2 Å². The van der Waals surface area contributed by atoms with Crippen LogP contribution in [-0.4, -0.2) is 27.7 Å². The van der Waals surface area contributed by atoms with E-state index in [0.717, 1.165) is 0 Å². The molecule has 8 heteroatoms. The van der Waals surface area contributed by atoms with Crippen molar-refractivity contribution in [2.45, 2.75) is 4.90 Å². The number of sulfone groups is 1. The van der Waals surface area contributed by atoms with Crippen molar-refractivity contribution in [2.24, 2.45) is 5.73 Å². The average molecular weight is 370 g/mol. The predicted octanol–water partition coefficient (Wildman–Crippen LogP) is 2.79. The van der Waals surface area contributed by atoms with Crippen LogP contribution >= 0.6 is 11.6 Å². The predicted molar refractivity (Wildman–Crippen MR) is 92.0 cm³/mol. The molecule has 0 radical (unpaired) electrons.